The van der Waals surface area contributed by atoms with Crippen molar-refractivity contribution >= 4 is 11.8 Å². The van der Waals surface area contributed by atoms with Crippen LogP contribution in [0.1, 0.15) is 17.2 Å². The van der Waals surface area contributed by atoms with Crippen LogP contribution in [0.25, 0.3) is 0 Å². The van der Waals surface area contributed by atoms with E-state index < -0.39 is 6.10 Å². The summed E-state index contributed by atoms with van der Waals surface area (Å²) in [6, 6.07) is 16.5. The molecule has 0 saturated carbocycles. The predicted octanol–water partition coefficient (Wildman–Crippen LogP) is 1.82. The van der Waals surface area contributed by atoms with Gasteiger partial charge < -0.3 is 20.1 Å². The van der Waals surface area contributed by atoms with Crippen molar-refractivity contribution in [1.29, 1.82) is 0 Å². The summed E-state index contributed by atoms with van der Waals surface area (Å²) >= 11 is 0. The normalized spacial score (nSPS) is 11.4. The molecule has 1 unspecified atom stereocenters. The van der Waals surface area contributed by atoms with Crippen molar-refractivity contribution in [2.75, 3.05) is 20.8 Å². The zero-order valence-corrected chi connectivity index (χ0v) is 14.3. The molecule has 0 aliphatic heterocycles. The lowest BCUT2D eigenvalue weighted by atomic mass is 10.1. The lowest BCUT2D eigenvalue weighted by molar-refractivity contribution is -0.133. The Balaban J connectivity index is 1.79. The second kappa shape index (κ2) is 9.44. The first-order valence-electron chi connectivity index (χ1n) is 7.89. The van der Waals surface area contributed by atoms with Crippen LogP contribution in [-0.4, -0.2) is 32.6 Å². The molecule has 2 amide bonds. The SMILES string of the molecule is COc1ccc(CNC(=O)CNC(=O)C(OC)c2ccccc2)cc1. The minimum absolute atomic E-state index is 0.109. The number of ether oxygens (including phenoxy) is 2. The molecule has 0 aliphatic rings. The molecule has 0 radical (unpaired) electrons. The number of hydrogen-bond donors (Lipinski definition) is 2. The van der Waals surface area contributed by atoms with Crippen molar-refractivity contribution in [2.24, 2.45) is 0 Å². The molecule has 2 aromatic carbocycles. The van der Waals surface area contributed by atoms with E-state index in [-0.39, 0.29) is 18.4 Å². The zero-order chi connectivity index (χ0) is 18.1. The summed E-state index contributed by atoms with van der Waals surface area (Å²) in [6.07, 6.45) is -0.740. The van der Waals surface area contributed by atoms with Gasteiger partial charge in [0, 0.05) is 13.7 Å². The number of methoxy groups -OCH3 is 2. The van der Waals surface area contributed by atoms with Gasteiger partial charge in [0.05, 0.1) is 13.7 Å². The number of benzene rings is 2. The van der Waals surface area contributed by atoms with Gasteiger partial charge >= 0.3 is 0 Å². The van der Waals surface area contributed by atoms with E-state index in [1.165, 1.54) is 7.11 Å². The molecule has 0 aliphatic carbocycles. The quantitative estimate of drug-likeness (QED) is 0.767. The van der Waals surface area contributed by atoms with Crippen molar-refractivity contribution in [1.82, 2.24) is 10.6 Å². The first kappa shape index (κ1) is 18.5. The molecule has 0 bridgehead atoms. The maximum Gasteiger partial charge on any atom is 0.254 e. The highest BCUT2D eigenvalue weighted by atomic mass is 16.5. The van der Waals surface area contributed by atoms with Gasteiger partial charge in [0.15, 0.2) is 6.10 Å². The van der Waals surface area contributed by atoms with Crippen LogP contribution in [0.5, 0.6) is 5.75 Å². The second-order valence-corrected chi connectivity index (χ2v) is 5.37. The van der Waals surface area contributed by atoms with Gasteiger partial charge in [0.2, 0.25) is 5.91 Å². The van der Waals surface area contributed by atoms with E-state index in [1.54, 1.807) is 19.2 Å². The number of rotatable bonds is 8. The third-order valence-corrected chi connectivity index (χ3v) is 3.65. The molecule has 0 spiro atoms. The van der Waals surface area contributed by atoms with Crippen molar-refractivity contribution in [3.05, 3.63) is 65.7 Å². The number of carbonyl (C=O) groups excluding carboxylic acids is 2. The van der Waals surface area contributed by atoms with Crippen LogP contribution in [0.15, 0.2) is 54.6 Å². The van der Waals surface area contributed by atoms with Gasteiger partial charge in [0.1, 0.15) is 5.75 Å². The Kier molecular flexibility index (Phi) is 6.98. The molecule has 0 heterocycles. The average Bonchev–Trinajstić information content (AvgIpc) is 2.66. The Hall–Kier alpha value is -2.86. The number of nitrogens with one attached hydrogen (secondary N) is 2. The summed E-state index contributed by atoms with van der Waals surface area (Å²) < 4.78 is 10.3. The fraction of sp³-hybridized carbons (Fsp3) is 0.263. The summed E-state index contributed by atoms with van der Waals surface area (Å²) in [4.78, 5) is 24.1. The van der Waals surface area contributed by atoms with Crippen molar-refractivity contribution < 1.29 is 19.1 Å². The summed E-state index contributed by atoms with van der Waals surface area (Å²) in [5.74, 6) is 0.134. The van der Waals surface area contributed by atoms with E-state index >= 15 is 0 Å². The highest BCUT2D eigenvalue weighted by Crippen LogP contribution is 2.16. The van der Waals surface area contributed by atoms with Crippen molar-refractivity contribution in [2.45, 2.75) is 12.6 Å². The Morgan fingerprint density at radius 2 is 1.64 bits per heavy atom. The molecule has 0 aromatic heterocycles. The van der Waals surface area contributed by atoms with E-state index in [0.29, 0.717) is 6.54 Å². The molecule has 2 rings (SSSR count). The molecule has 25 heavy (non-hydrogen) atoms. The largest absolute Gasteiger partial charge is 0.497 e. The zero-order valence-electron chi connectivity index (χ0n) is 14.3. The maximum atomic E-state index is 12.2. The Labute approximate surface area is 147 Å². The summed E-state index contributed by atoms with van der Waals surface area (Å²) in [5, 5.41) is 5.34. The fourth-order valence-corrected chi connectivity index (χ4v) is 2.29. The second-order valence-electron chi connectivity index (χ2n) is 5.37. The van der Waals surface area contributed by atoms with Crippen LogP contribution < -0.4 is 15.4 Å². The first-order chi connectivity index (χ1) is 12.1. The summed E-state index contributed by atoms with van der Waals surface area (Å²) in [6.45, 7) is 0.271. The molecular weight excluding hydrogens is 320 g/mol. The molecular formula is C19H22N2O4. The topological polar surface area (TPSA) is 76.7 Å². The molecule has 0 fully saturated rings. The molecule has 1 atom stereocenters. The smallest absolute Gasteiger partial charge is 0.254 e. The predicted molar refractivity (Wildman–Crippen MR) is 94.0 cm³/mol. The Morgan fingerprint density at radius 3 is 2.24 bits per heavy atom. The molecule has 6 heteroatoms. The van der Waals surface area contributed by atoms with Crippen molar-refractivity contribution in [3.8, 4) is 5.75 Å². The minimum atomic E-state index is -0.740. The highest BCUT2D eigenvalue weighted by Gasteiger charge is 2.20. The van der Waals surface area contributed by atoms with E-state index in [2.05, 4.69) is 10.6 Å². The van der Waals surface area contributed by atoms with Gasteiger partial charge in [-0.05, 0) is 23.3 Å². The lowest BCUT2D eigenvalue weighted by Gasteiger charge is -2.15. The lowest BCUT2D eigenvalue weighted by Crippen LogP contribution is -2.39. The van der Waals surface area contributed by atoms with Crippen molar-refractivity contribution in [3.63, 3.8) is 0 Å². The van der Waals surface area contributed by atoms with Gasteiger partial charge in [-0.25, -0.2) is 0 Å². The Morgan fingerprint density at radius 1 is 0.960 bits per heavy atom. The molecule has 0 saturated heterocycles. The Bertz CT molecular complexity index is 686. The van der Waals surface area contributed by atoms with Crippen LogP contribution in [-0.2, 0) is 20.9 Å². The number of amides is 2. The third-order valence-electron chi connectivity index (χ3n) is 3.65. The summed E-state index contributed by atoms with van der Waals surface area (Å²) in [7, 11) is 3.06. The van der Waals surface area contributed by atoms with E-state index in [0.717, 1.165) is 16.9 Å². The minimum Gasteiger partial charge on any atom is -0.497 e. The van der Waals surface area contributed by atoms with Crippen LogP contribution in [0.3, 0.4) is 0 Å². The maximum absolute atomic E-state index is 12.2. The molecule has 6 nitrogen and oxygen atoms in total. The average molecular weight is 342 g/mol. The van der Waals surface area contributed by atoms with Crippen LogP contribution >= 0.6 is 0 Å². The third kappa shape index (κ3) is 5.61. The highest BCUT2D eigenvalue weighted by molar-refractivity contribution is 5.87. The molecule has 132 valence electrons. The fourth-order valence-electron chi connectivity index (χ4n) is 2.29. The van der Waals surface area contributed by atoms with E-state index in [1.807, 2.05) is 42.5 Å². The molecule has 2 aromatic rings. The van der Waals surface area contributed by atoms with Gasteiger partial charge in [-0.1, -0.05) is 42.5 Å². The van der Waals surface area contributed by atoms with Gasteiger partial charge in [-0.3, -0.25) is 9.59 Å². The first-order valence-corrected chi connectivity index (χ1v) is 7.89. The van der Waals surface area contributed by atoms with Crippen LogP contribution in [0, 0.1) is 0 Å². The van der Waals surface area contributed by atoms with Gasteiger partial charge in [-0.2, -0.15) is 0 Å². The monoisotopic (exact) mass is 342 g/mol. The van der Waals surface area contributed by atoms with Gasteiger partial charge in [0.25, 0.3) is 5.91 Å². The van der Waals surface area contributed by atoms with E-state index in [9.17, 15) is 9.59 Å². The van der Waals surface area contributed by atoms with Crippen LogP contribution in [0.2, 0.25) is 0 Å². The van der Waals surface area contributed by atoms with Gasteiger partial charge in [-0.15, -0.1) is 0 Å². The summed E-state index contributed by atoms with van der Waals surface area (Å²) in [5.41, 5.74) is 1.68. The number of hydrogen-bond acceptors (Lipinski definition) is 4. The standard InChI is InChI=1S/C19H22N2O4/c1-24-16-10-8-14(9-11-16)12-20-17(22)13-21-19(23)18(25-2)15-6-4-3-5-7-15/h3-11,18H,12-13H2,1-2H3,(H,20,22)(H,21,23). The number of carbonyl (C=O) groups is 2. The molecule has 2 N–H and O–H groups in total. The van der Waals surface area contributed by atoms with Crippen LogP contribution in [0.4, 0.5) is 0 Å². The van der Waals surface area contributed by atoms with E-state index in [4.69, 9.17) is 9.47 Å².